The summed E-state index contributed by atoms with van der Waals surface area (Å²) in [6.45, 7) is 10.9. The molecule has 4 rings (SSSR count). The quantitative estimate of drug-likeness (QED) is 0.414. The van der Waals surface area contributed by atoms with Crippen LogP contribution in [0.1, 0.15) is 70.8 Å². The molecule has 0 saturated heterocycles. The van der Waals surface area contributed by atoms with Crippen molar-refractivity contribution in [3.63, 3.8) is 0 Å². The first-order chi connectivity index (χ1) is 17.2. The predicted octanol–water partition coefficient (Wildman–Crippen LogP) is 4.96. The minimum Gasteiger partial charge on any atom is -0.361 e. The molecule has 0 radical (unpaired) electrons. The molecule has 0 atom stereocenters. The summed E-state index contributed by atoms with van der Waals surface area (Å²) >= 11 is 0. The minimum atomic E-state index is -0.570. The lowest BCUT2D eigenvalue weighted by Crippen LogP contribution is -2.40. The van der Waals surface area contributed by atoms with Gasteiger partial charge in [0.2, 0.25) is 0 Å². The van der Waals surface area contributed by atoms with E-state index in [0.29, 0.717) is 46.7 Å². The van der Waals surface area contributed by atoms with Gasteiger partial charge in [0, 0.05) is 41.8 Å². The predicted molar refractivity (Wildman–Crippen MR) is 143 cm³/mol. The molecule has 2 aromatic carbocycles. The van der Waals surface area contributed by atoms with Crippen molar-refractivity contribution in [2.24, 2.45) is 0 Å². The molecule has 3 amide bonds. The number of nitrogens with one attached hydrogen (secondary N) is 3. The smallest absolute Gasteiger partial charge is 0.256 e. The molecule has 0 fully saturated rings. The second kappa shape index (κ2) is 9.85. The average Bonchev–Trinajstić information content (AvgIpc) is 3.38. The highest BCUT2D eigenvalue weighted by molar-refractivity contribution is 6.35. The first-order valence-electron chi connectivity index (χ1n) is 12.2. The number of carbonyl (C=O) groups excluding carboxylic acids is 3. The molecule has 0 saturated carbocycles. The molecule has 3 aromatic rings. The van der Waals surface area contributed by atoms with Gasteiger partial charge in [0.25, 0.3) is 17.7 Å². The molecule has 7 nitrogen and oxygen atoms in total. The molecule has 1 aromatic heterocycles. The number of aromatic nitrogens is 1. The number of rotatable bonds is 7. The summed E-state index contributed by atoms with van der Waals surface area (Å²) in [4.78, 5) is 43.7. The van der Waals surface area contributed by atoms with Crippen LogP contribution in [0.15, 0.2) is 54.7 Å². The lowest BCUT2D eigenvalue weighted by molar-refractivity contribution is -0.110. The van der Waals surface area contributed by atoms with E-state index < -0.39 is 5.54 Å². The van der Waals surface area contributed by atoms with E-state index in [-0.39, 0.29) is 17.7 Å². The summed E-state index contributed by atoms with van der Waals surface area (Å²) in [6.07, 6.45) is 3.43. The standard InChI is InChI=1S/C29H32N4O3/c1-6-33(7-2)28(36)23-17-30-25(18(23)3)16-22-21-15-19(13-14-24(21)31-27(22)35)26(34)32-29(4,5)20-11-9-8-10-12-20/h8-17,30H,6-7H2,1-5H3,(H,31,35)(H,32,34)/b22-16-. The average molecular weight is 485 g/mol. The van der Waals surface area contributed by atoms with Gasteiger partial charge < -0.3 is 20.5 Å². The first kappa shape index (κ1) is 25.0. The molecule has 0 bridgehead atoms. The van der Waals surface area contributed by atoms with Gasteiger partial charge in [-0.15, -0.1) is 0 Å². The highest BCUT2D eigenvalue weighted by Gasteiger charge is 2.28. The van der Waals surface area contributed by atoms with Crippen molar-refractivity contribution in [2.75, 3.05) is 18.4 Å². The van der Waals surface area contributed by atoms with E-state index >= 15 is 0 Å². The third-order valence-corrected chi connectivity index (χ3v) is 6.74. The van der Waals surface area contributed by atoms with Crippen LogP contribution in [0.3, 0.4) is 0 Å². The number of hydrogen-bond donors (Lipinski definition) is 3. The summed E-state index contributed by atoms with van der Waals surface area (Å²) in [7, 11) is 0. The number of hydrogen-bond acceptors (Lipinski definition) is 3. The third-order valence-electron chi connectivity index (χ3n) is 6.74. The van der Waals surface area contributed by atoms with Crippen molar-refractivity contribution in [2.45, 2.75) is 40.2 Å². The number of fused-ring (bicyclic) bond motifs is 1. The summed E-state index contributed by atoms with van der Waals surface area (Å²) in [6, 6.07) is 15.0. The van der Waals surface area contributed by atoms with Crippen molar-refractivity contribution >= 4 is 35.1 Å². The van der Waals surface area contributed by atoms with Gasteiger partial charge in [0.15, 0.2) is 0 Å². The molecule has 7 heteroatoms. The van der Waals surface area contributed by atoms with Crippen molar-refractivity contribution in [3.8, 4) is 0 Å². The zero-order chi connectivity index (χ0) is 26.0. The number of anilines is 1. The molecule has 36 heavy (non-hydrogen) atoms. The van der Waals surface area contributed by atoms with Gasteiger partial charge in [-0.1, -0.05) is 30.3 Å². The van der Waals surface area contributed by atoms with Gasteiger partial charge in [0.05, 0.1) is 16.7 Å². The van der Waals surface area contributed by atoms with Crippen molar-refractivity contribution in [1.82, 2.24) is 15.2 Å². The Bertz CT molecular complexity index is 1350. The van der Waals surface area contributed by atoms with Crippen LogP contribution < -0.4 is 10.6 Å². The Balaban J connectivity index is 1.63. The van der Waals surface area contributed by atoms with Gasteiger partial charge in [-0.25, -0.2) is 0 Å². The minimum absolute atomic E-state index is 0.0466. The Morgan fingerprint density at radius 2 is 1.75 bits per heavy atom. The van der Waals surface area contributed by atoms with Gasteiger partial charge in [-0.2, -0.15) is 0 Å². The number of nitrogens with zero attached hydrogens (tertiary/aromatic N) is 1. The topological polar surface area (TPSA) is 94.3 Å². The first-order valence-corrected chi connectivity index (χ1v) is 12.2. The van der Waals surface area contributed by atoms with Gasteiger partial charge in [-0.05, 0) is 70.0 Å². The lowest BCUT2D eigenvalue weighted by atomic mass is 9.93. The van der Waals surface area contributed by atoms with Gasteiger partial charge in [-0.3, -0.25) is 14.4 Å². The van der Waals surface area contributed by atoms with Crippen LogP contribution in [0.5, 0.6) is 0 Å². The van der Waals surface area contributed by atoms with Gasteiger partial charge >= 0.3 is 0 Å². The molecule has 186 valence electrons. The maximum atomic E-state index is 13.1. The van der Waals surface area contributed by atoms with Crippen LogP contribution >= 0.6 is 0 Å². The highest BCUT2D eigenvalue weighted by Crippen LogP contribution is 2.34. The maximum Gasteiger partial charge on any atom is 0.256 e. The van der Waals surface area contributed by atoms with E-state index in [1.54, 1.807) is 35.4 Å². The highest BCUT2D eigenvalue weighted by atomic mass is 16.2. The third kappa shape index (κ3) is 4.69. The summed E-state index contributed by atoms with van der Waals surface area (Å²) in [5, 5.41) is 5.96. The molecular weight excluding hydrogens is 452 g/mol. The normalized spacial score (nSPS) is 13.9. The molecule has 3 N–H and O–H groups in total. The summed E-state index contributed by atoms with van der Waals surface area (Å²) in [5.74, 6) is -0.527. The second-order valence-electron chi connectivity index (χ2n) is 9.44. The van der Waals surface area contributed by atoms with Gasteiger partial charge in [0.1, 0.15) is 0 Å². The number of aromatic amines is 1. The number of carbonyl (C=O) groups is 3. The molecule has 0 aliphatic carbocycles. The molecule has 0 spiro atoms. The Hall–Kier alpha value is -4.13. The van der Waals surface area contributed by atoms with Crippen molar-refractivity contribution in [1.29, 1.82) is 0 Å². The maximum absolute atomic E-state index is 13.1. The van der Waals surface area contributed by atoms with E-state index in [2.05, 4.69) is 15.6 Å². The fourth-order valence-electron chi connectivity index (χ4n) is 4.46. The Morgan fingerprint density at radius 3 is 2.42 bits per heavy atom. The van der Waals surface area contributed by atoms with Crippen LogP contribution in [-0.2, 0) is 10.3 Å². The Labute approximate surface area is 211 Å². The largest absolute Gasteiger partial charge is 0.361 e. The van der Waals surface area contributed by atoms with E-state index in [9.17, 15) is 14.4 Å². The molecular formula is C29H32N4O3. The molecule has 1 aliphatic rings. The molecule has 0 unspecified atom stereocenters. The van der Waals surface area contributed by atoms with Crippen molar-refractivity contribution in [3.05, 3.63) is 88.2 Å². The zero-order valence-corrected chi connectivity index (χ0v) is 21.4. The molecule has 2 heterocycles. The Kier molecular flexibility index (Phi) is 6.84. The van der Waals surface area contributed by atoms with Crippen LogP contribution in [-0.4, -0.2) is 40.7 Å². The van der Waals surface area contributed by atoms with E-state index in [4.69, 9.17) is 0 Å². The number of benzene rings is 2. The number of amides is 3. The summed E-state index contributed by atoms with van der Waals surface area (Å²) < 4.78 is 0. The van der Waals surface area contributed by atoms with Crippen LogP contribution in [0, 0.1) is 6.92 Å². The van der Waals surface area contributed by atoms with Crippen LogP contribution in [0.4, 0.5) is 5.69 Å². The Morgan fingerprint density at radius 1 is 1.06 bits per heavy atom. The van der Waals surface area contributed by atoms with E-state index in [0.717, 1.165) is 11.1 Å². The van der Waals surface area contributed by atoms with E-state index in [1.165, 1.54) is 0 Å². The lowest BCUT2D eigenvalue weighted by Gasteiger charge is -2.27. The fourth-order valence-corrected chi connectivity index (χ4v) is 4.46. The monoisotopic (exact) mass is 484 g/mol. The van der Waals surface area contributed by atoms with Crippen LogP contribution in [0.25, 0.3) is 11.6 Å². The SMILES string of the molecule is CCN(CC)C(=O)c1c[nH]c(/C=C2\C(=O)Nc3ccc(C(=O)NC(C)(C)c4ccccc4)cc32)c1C. The second-order valence-corrected chi connectivity index (χ2v) is 9.44. The number of H-pyrrole nitrogens is 1. The fraction of sp³-hybridized carbons (Fsp3) is 0.276. The van der Waals surface area contributed by atoms with Crippen LogP contribution in [0.2, 0.25) is 0 Å². The zero-order valence-electron chi connectivity index (χ0n) is 21.4. The van der Waals surface area contributed by atoms with E-state index in [1.807, 2.05) is 65.0 Å². The summed E-state index contributed by atoms with van der Waals surface area (Å²) in [5.41, 5.74) is 4.66. The molecule has 1 aliphatic heterocycles. The van der Waals surface area contributed by atoms with Crippen molar-refractivity contribution < 1.29 is 14.4 Å².